The third-order valence-electron chi connectivity index (χ3n) is 2.88. The third-order valence-corrected chi connectivity index (χ3v) is 4.42. The minimum Gasteiger partial charge on any atom is -0.325 e. The lowest BCUT2D eigenvalue weighted by Gasteiger charge is -2.13. The second-order valence-electron chi connectivity index (χ2n) is 4.33. The van der Waals surface area contributed by atoms with E-state index in [1.54, 1.807) is 25.1 Å². The van der Waals surface area contributed by atoms with Crippen LogP contribution in [0, 0.1) is 5.41 Å². The first-order chi connectivity index (χ1) is 7.74. The van der Waals surface area contributed by atoms with Crippen molar-refractivity contribution in [2.24, 2.45) is 5.41 Å². The maximum atomic E-state index is 12.0. The Morgan fingerprint density at radius 1 is 1.24 bits per heavy atom. The van der Waals surface area contributed by atoms with Crippen molar-refractivity contribution in [3.63, 3.8) is 0 Å². The van der Waals surface area contributed by atoms with Gasteiger partial charge in [-0.3, -0.25) is 4.79 Å². The Labute approximate surface area is 119 Å². The number of benzene rings is 1. The van der Waals surface area contributed by atoms with Gasteiger partial charge in [0.1, 0.15) is 4.33 Å². The molecule has 2 nitrogen and oxygen atoms in total. The largest absolute Gasteiger partial charge is 0.325 e. The van der Waals surface area contributed by atoms with Crippen molar-refractivity contribution in [2.75, 3.05) is 5.32 Å². The second kappa shape index (κ2) is 4.20. The number of amides is 1. The highest BCUT2D eigenvalue weighted by molar-refractivity contribution is 6.53. The van der Waals surface area contributed by atoms with Gasteiger partial charge in [0.15, 0.2) is 0 Å². The summed E-state index contributed by atoms with van der Waals surface area (Å²) in [4.78, 5) is 12.0. The molecule has 1 aliphatic carbocycles. The molecule has 0 aromatic heterocycles. The minimum atomic E-state index is -0.987. The Morgan fingerprint density at radius 2 is 1.71 bits per heavy atom. The molecule has 0 saturated heterocycles. The highest BCUT2D eigenvalue weighted by atomic mass is 35.5. The molecule has 17 heavy (non-hydrogen) atoms. The number of rotatable bonds is 2. The highest BCUT2D eigenvalue weighted by Crippen LogP contribution is 2.64. The van der Waals surface area contributed by atoms with Gasteiger partial charge in [0.05, 0.1) is 5.41 Å². The first-order valence-electron chi connectivity index (χ1n) is 4.90. The first kappa shape index (κ1) is 13.3. The van der Waals surface area contributed by atoms with E-state index in [1.165, 1.54) is 0 Å². The van der Waals surface area contributed by atoms with E-state index in [-0.39, 0.29) is 5.91 Å². The molecular weight excluding hydrogens is 304 g/mol. The Balaban J connectivity index is 2.15. The fourth-order valence-electron chi connectivity index (χ4n) is 1.54. The van der Waals surface area contributed by atoms with Gasteiger partial charge in [0.2, 0.25) is 5.91 Å². The van der Waals surface area contributed by atoms with Crippen molar-refractivity contribution in [3.05, 3.63) is 28.2 Å². The first-order valence-corrected chi connectivity index (χ1v) is 6.41. The summed E-state index contributed by atoms with van der Waals surface area (Å²) in [6.07, 6.45) is 0.434. The van der Waals surface area contributed by atoms with Gasteiger partial charge in [0, 0.05) is 15.7 Å². The summed E-state index contributed by atoms with van der Waals surface area (Å²) in [5, 5.41) is 3.62. The molecule has 1 unspecified atom stereocenters. The number of anilines is 1. The van der Waals surface area contributed by atoms with Crippen LogP contribution in [-0.4, -0.2) is 10.2 Å². The molecule has 0 aliphatic heterocycles. The lowest BCUT2D eigenvalue weighted by Crippen LogP contribution is -2.25. The fourth-order valence-corrected chi connectivity index (χ4v) is 2.77. The normalized spacial score (nSPS) is 25.5. The van der Waals surface area contributed by atoms with Crippen LogP contribution in [0.25, 0.3) is 0 Å². The number of nitrogens with one attached hydrogen (secondary N) is 1. The molecule has 0 radical (unpaired) electrons. The predicted molar refractivity (Wildman–Crippen MR) is 72.3 cm³/mol. The van der Waals surface area contributed by atoms with Crippen molar-refractivity contribution in [2.45, 2.75) is 17.7 Å². The summed E-state index contributed by atoms with van der Waals surface area (Å²) < 4.78 is -0.987. The lowest BCUT2D eigenvalue weighted by atomic mass is 10.1. The van der Waals surface area contributed by atoms with E-state index in [9.17, 15) is 4.79 Å². The monoisotopic (exact) mass is 311 g/mol. The summed E-state index contributed by atoms with van der Waals surface area (Å²) in [5.41, 5.74) is -0.227. The van der Waals surface area contributed by atoms with Gasteiger partial charge in [-0.15, -0.1) is 23.2 Å². The van der Waals surface area contributed by atoms with Gasteiger partial charge in [-0.1, -0.05) is 23.2 Å². The van der Waals surface area contributed by atoms with Gasteiger partial charge in [-0.2, -0.15) is 0 Å². The van der Waals surface area contributed by atoms with Crippen LogP contribution in [0.2, 0.25) is 10.0 Å². The van der Waals surface area contributed by atoms with Crippen LogP contribution in [0.5, 0.6) is 0 Å². The summed E-state index contributed by atoms with van der Waals surface area (Å²) >= 11 is 23.5. The summed E-state index contributed by atoms with van der Waals surface area (Å²) in [6, 6.07) is 4.81. The molecule has 1 amide bonds. The molecule has 1 aromatic carbocycles. The minimum absolute atomic E-state index is 0.235. The Morgan fingerprint density at radius 3 is 2.12 bits per heavy atom. The Bertz CT molecular complexity index is 468. The van der Waals surface area contributed by atoms with E-state index in [1.807, 2.05) is 0 Å². The number of hydrogen-bond donors (Lipinski definition) is 1. The Kier molecular flexibility index (Phi) is 3.28. The molecular formula is C11H9Cl4NO. The topological polar surface area (TPSA) is 29.1 Å². The average molecular weight is 313 g/mol. The maximum Gasteiger partial charge on any atom is 0.233 e. The third kappa shape index (κ3) is 2.50. The van der Waals surface area contributed by atoms with Crippen molar-refractivity contribution in [1.82, 2.24) is 0 Å². The average Bonchev–Trinajstić information content (AvgIpc) is 2.65. The van der Waals surface area contributed by atoms with Crippen molar-refractivity contribution < 1.29 is 4.79 Å². The van der Waals surface area contributed by atoms with E-state index < -0.39 is 9.75 Å². The Hall–Kier alpha value is -0.150. The van der Waals surface area contributed by atoms with Crippen molar-refractivity contribution >= 4 is 58.0 Å². The number of alkyl halides is 2. The van der Waals surface area contributed by atoms with Crippen molar-refractivity contribution in [1.29, 1.82) is 0 Å². The van der Waals surface area contributed by atoms with Crippen LogP contribution >= 0.6 is 46.4 Å². The number of carbonyl (C=O) groups is 1. The molecule has 92 valence electrons. The zero-order valence-corrected chi connectivity index (χ0v) is 11.9. The fraction of sp³-hybridized carbons (Fsp3) is 0.364. The summed E-state index contributed by atoms with van der Waals surface area (Å²) in [6.45, 7) is 1.72. The quantitative estimate of drug-likeness (QED) is 0.799. The standard InChI is InChI=1S/C11H9Cl4NO/c1-10(5-11(10,14)15)9(17)16-8-3-6(12)2-7(13)4-8/h2-4H,5H2,1H3,(H,16,17). The summed E-state index contributed by atoms with van der Waals surface area (Å²) in [7, 11) is 0. The van der Waals surface area contributed by atoms with Gasteiger partial charge >= 0.3 is 0 Å². The van der Waals surface area contributed by atoms with Gasteiger partial charge in [0.25, 0.3) is 0 Å². The predicted octanol–water partition coefficient (Wildman–Crippen LogP) is 4.52. The van der Waals surface area contributed by atoms with E-state index in [2.05, 4.69) is 5.32 Å². The molecule has 0 spiro atoms. The van der Waals surface area contributed by atoms with Crippen LogP contribution in [0.1, 0.15) is 13.3 Å². The smallest absolute Gasteiger partial charge is 0.233 e. The maximum absolute atomic E-state index is 12.0. The number of carbonyl (C=O) groups excluding carboxylic acids is 1. The molecule has 1 saturated carbocycles. The van der Waals surface area contributed by atoms with Crippen molar-refractivity contribution in [3.8, 4) is 0 Å². The van der Waals surface area contributed by atoms with E-state index >= 15 is 0 Å². The lowest BCUT2D eigenvalue weighted by molar-refractivity contribution is -0.120. The number of halogens is 4. The van der Waals surface area contributed by atoms with Crippen LogP contribution in [0.15, 0.2) is 18.2 Å². The van der Waals surface area contributed by atoms with E-state index in [0.717, 1.165) is 0 Å². The molecule has 6 heteroatoms. The molecule has 1 fully saturated rings. The number of hydrogen-bond acceptors (Lipinski definition) is 1. The summed E-state index contributed by atoms with van der Waals surface area (Å²) in [5.74, 6) is -0.235. The van der Waals surface area contributed by atoms with Gasteiger partial charge in [-0.25, -0.2) is 0 Å². The van der Waals surface area contributed by atoms with Crippen LogP contribution < -0.4 is 5.32 Å². The zero-order valence-electron chi connectivity index (χ0n) is 8.86. The van der Waals surface area contributed by atoms with Crippen LogP contribution in [-0.2, 0) is 4.79 Å². The molecule has 2 rings (SSSR count). The van der Waals surface area contributed by atoms with Crippen LogP contribution in [0.4, 0.5) is 5.69 Å². The SMILES string of the molecule is CC1(C(=O)Nc2cc(Cl)cc(Cl)c2)CC1(Cl)Cl. The molecule has 0 bridgehead atoms. The zero-order chi connectivity index (χ0) is 12.8. The second-order valence-corrected chi connectivity index (χ2v) is 6.68. The molecule has 1 aliphatic rings. The van der Waals surface area contributed by atoms with E-state index in [4.69, 9.17) is 46.4 Å². The van der Waals surface area contributed by atoms with E-state index in [0.29, 0.717) is 22.2 Å². The van der Waals surface area contributed by atoms with Gasteiger partial charge < -0.3 is 5.32 Å². The molecule has 1 aromatic rings. The molecule has 1 N–H and O–H groups in total. The molecule has 1 atom stereocenters. The van der Waals surface area contributed by atoms with Gasteiger partial charge in [-0.05, 0) is 31.5 Å². The highest BCUT2D eigenvalue weighted by Gasteiger charge is 2.67. The van der Waals surface area contributed by atoms with Crippen LogP contribution in [0.3, 0.4) is 0 Å². The molecule has 0 heterocycles.